The van der Waals surface area contributed by atoms with E-state index in [-0.39, 0.29) is 12.5 Å². The normalized spacial score (nSPS) is 10.6. The van der Waals surface area contributed by atoms with Gasteiger partial charge in [0.15, 0.2) is 0 Å². The van der Waals surface area contributed by atoms with Crippen LogP contribution < -0.4 is 10.1 Å². The first-order chi connectivity index (χ1) is 14.7. The lowest BCUT2D eigenvalue weighted by atomic mass is 10.1. The highest BCUT2D eigenvalue weighted by Gasteiger charge is 2.09. The fourth-order valence-electron chi connectivity index (χ4n) is 3.01. The molecule has 0 aliphatic rings. The number of furan rings is 1. The summed E-state index contributed by atoms with van der Waals surface area (Å²) in [4.78, 5) is 12.6. The molecule has 3 aromatic carbocycles. The van der Waals surface area contributed by atoms with E-state index in [9.17, 15) is 4.79 Å². The lowest BCUT2D eigenvalue weighted by molar-refractivity contribution is 0.102. The third-order valence-corrected chi connectivity index (χ3v) is 4.59. The minimum absolute atomic E-state index is 0.137. The number of carbonyl (C=O) groups is 1. The Morgan fingerprint density at radius 2 is 1.70 bits per heavy atom. The Morgan fingerprint density at radius 1 is 0.900 bits per heavy atom. The smallest absolute Gasteiger partial charge is 0.255 e. The summed E-state index contributed by atoms with van der Waals surface area (Å²) in [6, 6.07) is 27.9. The number of aliphatic hydroxyl groups excluding tert-OH is 1. The molecule has 2 N–H and O–H groups in total. The number of amides is 1. The van der Waals surface area contributed by atoms with Crippen molar-refractivity contribution in [2.24, 2.45) is 0 Å². The number of carbonyl (C=O) groups excluding carboxylic acids is 1. The van der Waals surface area contributed by atoms with Crippen molar-refractivity contribution in [3.8, 4) is 17.1 Å². The number of rotatable bonds is 7. The molecule has 0 saturated heterocycles. The number of hydrogen-bond acceptors (Lipinski definition) is 4. The van der Waals surface area contributed by atoms with Crippen LogP contribution >= 0.6 is 0 Å². The molecule has 4 rings (SSSR count). The molecule has 0 spiro atoms. The summed E-state index contributed by atoms with van der Waals surface area (Å²) < 4.78 is 11.3. The van der Waals surface area contributed by atoms with Gasteiger partial charge in [-0.3, -0.25) is 4.79 Å². The summed E-state index contributed by atoms with van der Waals surface area (Å²) in [5.41, 5.74) is 3.12. The van der Waals surface area contributed by atoms with Crippen LogP contribution in [0.25, 0.3) is 11.3 Å². The molecule has 4 aromatic rings. The minimum Gasteiger partial charge on any atom is -0.489 e. The highest BCUT2D eigenvalue weighted by Crippen LogP contribution is 2.24. The van der Waals surface area contributed by atoms with Crippen molar-refractivity contribution >= 4 is 11.6 Å². The molecule has 5 nitrogen and oxygen atoms in total. The van der Waals surface area contributed by atoms with Crippen LogP contribution in [0.15, 0.2) is 95.4 Å². The maximum absolute atomic E-state index is 12.6. The highest BCUT2D eigenvalue weighted by atomic mass is 16.5. The topological polar surface area (TPSA) is 71.7 Å². The molecule has 150 valence electrons. The summed E-state index contributed by atoms with van der Waals surface area (Å²) in [5.74, 6) is 1.60. The van der Waals surface area contributed by atoms with Crippen molar-refractivity contribution in [1.29, 1.82) is 0 Å². The van der Waals surface area contributed by atoms with Gasteiger partial charge < -0.3 is 19.6 Å². The Morgan fingerprint density at radius 3 is 2.43 bits per heavy atom. The zero-order valence-electron chi connectivity index (χ0n) is 16.2. The number of aliphatic hydroxyl groups is 1. The Labute approximate surface area is 174 Å². The average molecular weight is 399 g/mol. The summed E-state index contributed by atoms with van der Waals surface area (Å²) in [7, 11) is 0. The number of nitrogens with one attached hydrogen (secondary N) is 1. The second-order valence-corrected chi connectivity index (χ2v) is 6.76. The van der Waals surface area contributed by atoms with Gasteiger partial charge in [-0.05, 0) is 60.2 Å². The van der Waals surface area contributed by atoms with E-state index < -0.39 is 0 Å². The van der Waals surface area contributed by atoms with E-state index in [1.54, 1.807) is 30.3 Å². The van der Waals surface area contributed by atoms with Gasteiger partial charge in [0.05, 0.1) is 0 Å². The van der Waals surface area contributed by atoms with Crippen molar-refractivity contribution in [2.75, 3.05) is 5.32 Å². The first-order valence-electron chi connectivity index (χ1n) is 9.59. The molecule has 0 saturated carbocycles. The van der Waals surface area contributed by atoms with E-state index in [0.717, 1.165) is 11.1 Å². The Balaban J connectivity index is 1.39. The zero-order chi connectivity index (χ0) is 20.8. The summed E-state index contributed by atoms with van der Waals surface area (Å²) in [5, 5.41) is 12.0. The molecule has 0 aliphatic carbocycles. The molecule has 0 bridgehead atoms. The van der Waals surface area contributed by atoms with Crippen LogP contribution in [0.1, 0.15) is 21.7 Å². The molecule has 0 radical (unpaired) electrons. The van der Waals surface area contributed by atoms with Gasteiger partial charge in [-0.15, -0.1) is 0 Å². The molecule has 30 heavy (non-hydrogen) atoms. The quantitative estimate of drug-likeness (QED) is 0.444. The van der Waals surface area contributed by atoms with Crippen molar-refractivity contribution < 1.29 is 19.1 Å². The number of ether oxygens (including phenoxy) is 1. The third-order valence-electron chi connectivity index (χ3n) is 4.59. The third kappa shape index (κ3) is 4.77. The van der Waals surface area contributed by atoms with Crippen LogP contribution in [-0.4, -0.2) is 11.0 Å². The molecule has 1 amide bonds. The summed E-state index contributed by atoms with van der Waals surface area (Å²) in [6.45, 7) is 0.306. The second kappa shape index (κ2) is 9.11. The van der Waals surface area contributed by atoms with Gasteiger partial charge in [-0.25, -0.2) is 0 Å². The molecule has 1 aromatic heterocycles. The molecule has 5 heteroatoms. The fraction of sp³-hybridized carbons (Fsp3) is 0.0800. The first kappa shape index (κ1) is 19.5. The molecule has 0 fully saturated rings. The van der Waals surface area contributed by atoms with E-state index >= 15 is 0 Å². The van der Waals surface area contributed by atoms with Crippen molar-refractivity contribution in [3.05, 3.63) is 108 Å². The Hall–Kier alpha value is -3.83. The maximum atomic E-state index is 12.6. The van der Waals surface area contributed by atoms with Crippen LogP contribution in [0.2, 0.25) is 0 Å². The molecule has 0 atom stereocenters. The maximum Gasteiger partial charge on any atom is 0.255 e. The number of hydrogen-bond donors (Lipinski definition) is 2. The fourth-order valence-corrected chi connectivity index (χ4v) is 3.01. The predicted octanol–water partition coefficient (Wildman–Crippen LogP) is 5.27. The van der Waals surface area contributed by atoms with Crippen molar-refractivity contribution in [1.82, 2.24) is 0 Å². The number of benzene rings is 3. The summed E-state index contributed by atoms with van der Waals surface area (Å²) in [6.07, 6.45) is 0. The van der Waals surface area contributed by atoms with E-state index in [1.165, 1.54) is 0 Å². The zero-order valence-corrected chi connectivity index (χ0v) is 16.2. The standard InChI is InChI=1S/C25H21NO4/c27-16-23-13-14-24(30-23)19-9-11-21(12-10-19)26-25(28)20-7-4-8-22(15-20)29-17-18-5-2-1-3-6-18/h1-15,27H,16-17H2,(H,26,28). The van der Waals surface area contributed by atoms with E-state index in [1.807, 2.05) is 60.7 Å². The van der Waals surface area contributed by atoms with Crippen LogP contribution in [0, 0.1) is 0 Å². The van der Waals surface area contributed by atoms with E-state index in [0.29, 0.717) is 35.1 Å². The lowest BCUT2D eigenvalue weighted by Crippen LogP contribution is -2.11. The summed E-state index contributed by atoms with van der Waals surface area (Å²) >= 11 is 0. The van der Waals surface area contributed by atoms with Gasteiger partial charge in [-0.2, -0.15) is 0 Å². The molecule has 1 heterocycles. The van der Waals surface area contributed by atoms with E-state index in [2.05, 4.69) is 5.32 Å². The van der Waals surface area contributed by atoms with Gasteiger partial charge in [0, 0.05) is 16.8 Å². The molecular weight excluding hydrogens is 378 g/mol. The van der Waals surface area contributed by atoms with E-state index in [4.69, 9.17) is 14.3 Å². The predicted molar refractivity (Wildman–Crippen MR) is 115 cm³/mol. The monoisotopic (exact) mass is 399 g/mol. The van der Waals surface area contributed by atoms with Crippen molar-refractivity contribution in [3.63, 3.8) is 0 Å². The first-order valence-corrected chi connectivity index (χ1v) is 9.59. The van der Waals surface area contributed by atoms with Gasteiger partial charge in [0.1, 0.15) is 30.5 Å². The Kier molecular flexibility index (Phi) is 5.92. The van der Waals surface area contributed by atoms with Gasteiger partial charge >= 0.3 is 0 Å². The van der Waals surface area contributed by atoms with Crippen LogP contribution in [0.4, 0.5) is 5.69 Å². The molecule has 0 aliphatic heterocycles. The van der Waals surface area contributed by atoms with Gasteiger partial charge in [0.2, 0.25) is 0 Å². The average Bonchev–Trinajstić information content (AvgIpc) is 3.28. The van der Waals surface area contributed by atoms with Crippen LogP contribution in [-0.2, 0) is 13.2 Å². The Bertz CT molecular complexity index is 1120. The minimum atomic E-state index is -0.214. The number of anilines is 1. The van der Waals surface area contributed by atoms with Crippen LogP contribution in [0.5, 0.6) is 5.75 Å². The lowest BCUT2D eigenvalue weighted by Gasteiger charge is -2.09. The van der Waals surface area contributed by atoms with Gasteiger partial charge in [-0.1, -0.05) is 36.4 Å². The molecular formula is C25H21NO4. The SMILES string of the molecule is O=C(Nc1ccc(-c2ccc(CO)o2)cc1)c1cccc(OCc2ccccc2)c1. The van der Waals surface area contributed by atoms with Crippen molar-refractivity contribution in [2.45, 2.75) is 13.2 Å². The van der Waals surface area contributed by atoms with Crippen LogP contribution in [0.3, 0.4) is 0 Å². The second-order valence-electron chi connectivity index (χ2n) is 6.76. The highest BCUT2D eigenvalue weighted by molar-refractivity contribution is 6.04. The van der Waals surface area contributed by atoms with Gasteiger partial charge in [0.25, 0.3) is 5.91 Å². The molecule has 0 unspecified atom stereocenters. The largest absolute Gasteiger partial charge is 0.489 e.